The molecule has 4 heteroatoms. The number of carbonyl (C=O) groups is 1. The number of hydrogen-bond acceptors (Lipinski definition) is 4. The number of carbonyl (C=O) groups excluding carboxylic acids is 1. The molecule has 0 N–H and O–H groups in total. The van der Waals surface area contributed by atoms with Gasteiger partial charge in [0.1, 0.15) is 5.75 Å². The number of benzene rings is 2. The molecule has 0 spiro atoms. The normalized spacial score (nSPS) is 10.2. The Morgan fingerprint density at radius 3 is 2.43 bits per heavy atom. The van der Waals surface area contributed by atoms with Crippen LogP contribution in [0.5, 0.6) is 5.75 Å². The van der Waals surface area contributed by atoms with E-state index >= 15 is 0 Å². The van der Waals surface area contributed by atoms with E-state index in [9.17, 15) is 4.79 Å². The fraction of sp³-hybridized carbons (Fsp3) is 0.263. The molecule has 0 unspecified atom stereocenters. The third-order valence-corrected chi connectivity index (χ3v) is 3.92. The molecule has 120 valence electrons. The number of Topliss-reactive ketones (excluding diaryl/α,β-unsaturated/α-hetero) is 1. The van der Waals surface area contributed by atoms with Crippen LogP contribution in [0, 0.1) is 0 Å². The van der Waals surface area contributed by atoms with Crippen LogP contribution < -0.4 is 9.64 Å². The number of anilines is 1. The summed E-state index contributed by atoms with van der Waals surface area (Å²) in [5, 5.41) is 0. The average molecular weight is 327 g/mol. The smallest absolute Gasteiger partial charge is 0.167 e. The third kappa shape index (κ3) is 4.63. The lowest BCUT2D eigenvalue weighted by Crippen LogP contribution is -2.11. The Labute approximate surface area is 142 Å². The number of methoxy groups -OCH3 is 1. The summed E-state index contributed by atoms with van der Waals surface area (Å²) in [6, 6.07) is 15.3. The van der Waals surface area contributed by atoms with Crippen LogP contribution in [-0.4, -0.2) is 31.9 Å². The molecule has 0 aliphatic rings. The van der Waals surface area contributed by atoms with Crippen LogP contribution >= 0.6 is 12.2 Å². The zero-order valence-corrected chi connectivity index (χ0v) is 14.5. The number of ether oxygens (including phenoxy) is 1. The van der Waals surface area contributed by atoms with Gasteiger partial charge in [-0.3, -0.25) is 4.79 Å². The van der Waals surface area contributed by atoms with Gasteiger partial charge in [-0.2, -0.15) is 0 Å². The van der Waals surface area contributed by atoms with E-state index < -0.39 is 0 Å². The summed E-state index contributed by atoms with van der Waals surface area (Å²) in [4.78, 5) is 15.0. The molecule has 2 rings (SSSR count). The largest absolute Gasteiger partial charge is 0.496 e. The zero-order chi connectivity index (χ0) is 16.8. The molecule has 0 aliphatic heterocycles. The van der Waals surface area contributed by atoms with E-state index in [1.807, 2.05) is 67.5 Å². The van der Waals surface area contributed by atoms with Crippen molar-refractivity contribution in [3.63, 3.8) is 0 Å². The van der Waals surface area contributed by atoms with Crippen molar-refractivity contribution < 1.29 is 9.53 Å². The van der Waals surface area contributed by atoms with E-state index in [1.165, 1.54) is 0 Å². The second kappa shape index (κ2) is 7.88. The molecule has 0 saturated heterocycles. The van der Waals surface area contributed by atoms with E-state index in [0.29, 0.717) is 12.0 Å². The van der Waals surface area contributed by atoms with E-state index in [0.717, 1.165) is 21.9 Å². The van der Waals surface area contributed by atoms with Gasteiger partial charge in [-0.1, -0.05) is 48.6 Å². The van der Waals surface area contributed by atoms with E-state index in [-0.39, 0.29) is 12.2 Å². The second-order valence-corrected chi connectivity index (χ2v) is 6.15. The Balaban J connectivity index is 2.07. The van der Waals surface area contributed by atoms with Crippen LogP contribution in [0.15, 0.2) is 48.5 Å². The molecule has 0 bridgehead atoms. The van der Waals surface area contributed by atoms with Crippen molar-refractivity contribution in [3.8, 4) is 5.75 Å². The highest BCUT2D eigenvalue weighted by atomic mass is 32.1. The number of hydrogen-bond donors (Lipinski definition) is 0. The van der Waals surface area contributed by atoms with Crippen molar-refractivity contribution in [2.75, 3.05) is 26.1 Å². The Hall–Kier alpha value is -2.20. The van der Waals surface area contributed by atoms with Gasteiger partial charge in [0.25, 0.3) is 0 Å². The third-order valence-electron chi connectivity index (χ3n) is 3.63. The predicted octanol–water partition coefficient (Wildman–Crippen LogP) is 3.95. The van der Waals surface area contributed by atoms with Gasteiger partial charge in [0.05, 0.1) is 7.11 Å². The molecule has 2 aromatic rings. The van der Waals surface area contributed by atoms with Gasteiger partial charge in [-0.05, 0) is 11.6 Å². The summed E-state index contributed by atoms with van der Waals surface area (Å²) in [5.41, 5.74) is 2.77. The summed E-state index contributed by atoms with van der Waals surface area (Å²) < 4.78 is 5.46. The summed E-state index contributed by atoms with van der Waals surface area (Å²) >= 11 is 5.42. The summed E-state index contributed by atoms with van der Waals surface area (Å²) in [5.74, 6) is 0.852. The minimum atomic E-state index is 0.0551. The lowest BCUT2D eigenvalue weighted by molar-refractivity contribution is 0.100. The van der Waals surface area contributed by atoms with Crippen molar-refractivity contribution in [1.82, 2.24) is 0 Å². The van der Waals surface area contributed by atoms with Gasteiger partial charge < -0.3 is 9.64 Å². The molecular weight excluding hydrogens is 306 g/mol. The quantitative estimate of drug-likeness (QED) is 0.569. The first kappa shape index (κ1) is 17.2. The lowest BCUT2D eigenvalue weighted by atomic mass is 10.0. The molecule has 0 heterocycles. The lowest BCUT2D eigenvalue weighted by Gasteiger charge is -2.16. The van der Waals surface area contributed by atoms with Crippen molar-refractivity contribution in [1.29, 1.82) is 0 Å². The van der Waals surface area contributed by atoms with E-state index in [1.54, 1.807) is 7.11 Å². The summed E-state index contributed by atoms with van der Waals surface area (Å²) in [7, 11) is 5.62. The van der Waals surface area contributed by atoms with Crippen LogP contribution in [-0.2, 0) is 6.42 Å². The first-order chi connectivity index (χ1) is 11.0. The maximum absolute atomic E-state index is 12.2. The fourth-order valence-corrected chi connectivity index (χ4v) is 2.62. The summed E-state index contributed by atoms with van der Waals surface area (Å²) in [6.07, 6.45) is 0.836. The molecule has 0 fully saturated rings. The minimum Gasteiger partial charge on any atom is -0.496 e. The van der Waals surface area contributed by atoms with Crippen molar-refractivity contribution in [2.45, 2.75) is 12.8 Å². The molecule has 0 atom stereocenters. The van der Waals surface area contributed by atoms with Gasteiger partial charge in [0, 0.05) is 49.1 Å². The van der Waals surface area contributed by atoms with Crippen molar-refractivity contribution in [2.24, 2.45) is 0 Å². The maximum Gasteiger partial charge on any atom is 0.167 e. The number of nitrogens with zero attached hydrogens (tertiary/aromatic N) is 1. The van der Waals surface area contributed by atoms with Crippen LogP contribution in [0.4, 0.5) is 5.69 Å². The topological polar surface area (TPSA) is 29.5 Å². The molecule has 2 aromatic carbocycles. The van der Waals surface area contributed by atoms with Crippen LogP contribution in [0.25, 0.3) is 0 Å². The second-order valence-electron chi connectivity index (χ2n) is 5.57. The van der Waals surface area contributed by atoms with Crippen LogP contribution in [0.2, 0.25) is 0 Å². The molecule has 0 aromatic heterocycles. The molecule has 0 saturated carbocycles. The minimum absolute atomic E-state index is 0.0551. The standard InChI is InChI=1S/C19H21NO2S/c1-20(2)16-10-9-15(19(12-16)22-3)11-17(23)13-18(21)14-7-5-4-6-8-14/h4-10,12H,11,13H2,1-3H3. The maximum atomic E-state index is 12.2. The van der Waals surface area contributed by atoms with Crippen LogP contribution in [0.3, 0.4) is 0 Å². The molecule has 0 aliphatic carbocycles. The Bertz CT molecular complexity index is 696. The van der Waals surface area contributed by atoms with Gasteiger partial charge in [-0.15, -0.1) is 0 Å². The Morgan fingerprint density at radius 2 is 1.83 bits per heavy atom. The monoisotopic (exact) mass is 327 g/mol. The zero-order valence-electron chi connectivity index (χ0n) is 13.7. The van der Waals surface area contributed by atoms with Crippen LogP contribution in [0.1, 0.15) is 22.3 Å². The molecule has 0 radical (unpaired) electrons. The summed E-state index contributed by atoms with van der Waals surface area (Å²) in [6.45, 7) is 0. The Kier molecular flexibility index (Phi) is 5.88. The highest BCUT2D eigenvalue weighted by Gasteiger charge is 2.12. The molecular formula is C19H21NO2S. The number of ketones is 1. The van der Waals surface area contributed by atoms with Gasteiger partial charge in [-0.25, -0.2) is 0 Å². The predicted molar refractivity (Wildman–Crippen MR) is 99.0 cm³/mol. The first-order valence-electron chi connectivity index (χ1n) is 7.45. The SMILES string of the molecule is COc1cc(N(C)C)ccc1CC(=S)CC(=O)c1ccccc1. The molecule has 3 nitrogen and oxygen atoms in total. The van der Waals surface area contributed by atoms with Crippen molar-refractivity contribution in [3.05, 3.63) is 59.7 Å². The van der Waals surface area contributed by atoms with E-state index in [4.69, 9.17) is 17.0 Å². The van der Waals surface area contributed by atoms with Gasteiger partial charge >= 0.3 is 0 Å². The highest BCUT2D eigenvalue weighted by Crippen LogP contribution is 2.25. The number of thiocarbonyl (C=S) groups is 1. The van der Waals surface area contributed by atoms with Crippen molar-refractivity contribution >= 4 is 28.6 Å². The Morgan fingerprint density at radius 1 is 1.13 bits per heavy atom. The first-order valence-corrected chi connectivity index (χ1v) is 7.86. The van der Waals surface area contributed by atoms with Gasteiger partial charge in [0.15, 0.2) is 5.78 Å². The average Bonchev–Trinajstić information content (AvgIpc) is 2.55. The fourth-order valence-electron chi connectivity index (χ4n) is 2.34. The van der Waals surface area contributed by atoms with Gasteiger partial charge in [0.2, 0.25) is 0 Å². The number of rotatable bonds is 7. The highest BCUT2D eigenvalue weighted by molar-refractivity contribution is 7.80. The molecule has 0 amide bonds. The molecule has 23 heavy (non-hydrogen) atoms. The van der Waals surface area contributed by atoms with E-state index in [2.05, 4.69) is 0 Å².